The zero-order valence-electron chi connectivity index (χ0n) is 16.8. The lowest BCUT2D eigenvalue weighted by molar-refractivity contribution is -0.116. The number of nitrogens with zero attached hydrogens (tertiary/aromatic N) is 4. The molecule has 3 heterocycles. The Kier molecular flexibility index (Phi) is 5.08. The Bertz CT molecular complexity index is 1540. The van der Waals surface area contributed by atoms with Crippen molar-refractivity contribution < 1.29 is 4.79 Å². The number of benzene rings is 2. The summed E-state index contributed by atoms with van der Waals surface area (Å²) in [6.45, 7) is -0.184. The molecule has 0 aliphatic rings. The molecule has 158 valence electrons. The topological polar surface area (TPSA) is 98.9 Å². The second-order valence-electron chi connectivity index (χ2n) is 7.15. The Labute approximate surface area is 185 Å². The van der Waals surface area contributed by atoms with Gasteiger partial charge in [0.15, 0.2) is 10.6 Å². The molecule has 1 N–H and O–H groups in total. The van der Waals surface area contributed by atoms with Crippen molar-refractivity contribution in [3.8, 4) is 0 Å². The molecule has 0 aliphatic carbocycles. The number of anilines is 1. The van der Waals surface area contributed by atoms with Crippen LogP contribution in [0.1, 0.15) is 5.56 Å². The van der Waals surface area contributed by atoms with Gasteiger partial charge in [-0.1, -0.05) is 53.8 Å². The third kappa shape index (κ3) is 3.69. The van der Waals surface area contributed by atoms with E-state index in [1.807, 2.05) is 54.6 Å². The van der Waals surface area contributed by atoms with Gasteiger partial charge in [0.05, 0.1) is 22.3 Å². The summed E-state index contributed by atoms with van der Waals surface area (Å²) in [6.07, 6.45) is 1.49. The molecule has 0 aliphatic heterocycles. The van der Waals surface area contributed by atoms with Crippen molar-refractivity contribution in [3.63, 3.8) is 0 Å². The summed E-state index contributed by atoms with van der Waals surface area (Å²) in [4.78, 5) is 47.6. The monoisotopic (exact) mass is 443 g/mol. The first-order valence-electron chi connectivity index (χ1n) is 9.88. The van der Waals surface area contributed by atoms with Crippen molar-refractivity contribution in [2.45, 2.75) is 13.1 Å². The molecule has 0 atom stereocenters. The number of aromatic nitrogens is 4. The average Bonchev–Trinajstić information content (AvgIpc) is 3.22. The van der Waals surface area contributed by atoms with E-state index in [0.717, 1.165) is 20.3 Å². The molecule has 2 aromatic carbocycles. The molecule has 0 saturated carbocycles. The second kappa shape index (κ2) is 8.20. The molecule has 0 radical (unpaired) electrons. The maximum absolute atomic E-state index is 13.2. The van der Waals surface area contributed by atoms with Crippen LogP contribution in [0.3, 0.4) is 0 Å². The van der Waals surface area contributed by atoms with Crippen molar-refractivity contribution >= 4 is 43.6 Å². The lowest BCUT2D eigenvalue weighted by Gasteiger charge is -2.13. The Balaban J connectivity index is 1.53. The molecule has 32 heavy (non-hydrogen) atoms. The summed E-state index contributed by atoms with van der Waals surface area (Å²) in [5, 5.41) is 3.20. The molecular formula is C23H17N5O3S. The summed E-state index contributed by atoms with van der Waals surface area (Å²) in [5.74, 6) is -0.416. The van der Waals surface area contributed by atoms with E-state index in [9.17, 15) is 14.4 Å². The summed E-state index contributed by atoms with van der Waals surface area (Å²) in [6, 6.07) is 20.0. The maximum atomic E-state index is 13.2. The Morgan fingerprint density at radius 2 is 1.72 bits per heavy atom. The largest absolute Gasteiger partial charge is 0.332 e. The molecular weight excluding hydrogens is 426 g/mol. The highest BCUT2D eigenvalue weighted by atomic mass is 32.1. The van der Waals surface area contributed by atoms with Crippen LogP contribution in [0.15, 0.2) is 82.5 Å². The first-order valence-corrected chi connectivity index (χ1v) is 10.7. The minimum Gasteiger partial charge on any atom is -0.300 e. The molecule has 9 heteroatoms. The normalized spacial score (nSPS) is 11.1. The molecule has 8 nitrogen and oxygen atoms in total. The second-order valence-corrected chi connectivity index (χ2v) is 8.18. The highest BCUT2D eigenvalue weighted by Crippen LogP contribution is 2.25. The first kappa shape index (κ1) is 19.8. The van der Waals surface area contributed by atoms with Gasteiger partial charge in [-0.15, -0.1) is 0 Å². The minimum absolute atomic E-state index is 0.0878. The standard InChI is InChI=1S/C23H17N5O3S/c29-19(26-22-25-16-9-4-5-11-18(16)32-22)14-27-17-10-6-12-24-20(17)21(30)28(23(27)31)13-15-7-2-1-3-8-15/h1-12H,13-14H2,(H,25,26,29). The van der Waals surface area contributed by atoms with E-state index in [1.165, 1.54) is 22.1 Å². The van der Waals surface area contributed by atoms with Gasteiger partial charge in [-0.25, -0.2) is 14.8 Å². The highest BCUT2D eigenvalue weighted by Gasteiger charge is 2.17. The maximum Gasteiger partial charge on any atom is 0.332 e. The van der Waals surface area contributed by atoms with Crippen molar-refractivity contribution in [2.24, 2.45) is 0 Å². The SMILES string of the molecule is O=C(Cn1c(=O)n(Cc2ccccc2)c(=O)c2ncccc21)Nc1nc2ccccc2s1. The van der Waals surface area contributed by atoms with E-state index in [-0.39, 0.29) is 18.6 Å². The van der Waals surface area contributed by atoms with Gasteiger partial charge < -0.3 is 5.32 Å². The smallest absolute Gasteiger partial charge is 0.300 e. The van der Waals surface area contributed by atoms with Crippen LogP contribution in [0.2, 0.25) is 0 Å². The van der Waals surface area contributed by atoms with Crippen LogP contribution < -0.4 is 16.6 Å². The molecule has 0 spiro atoms. The van der Waals surface area contributed by atoms with Gasteiger partial charge in [0.1, 0.15) is 6.54 Å². The predicted octanol–water partition coefficient (Wildman–Crippen LogP) is 2.85. The summed E-state index contributed by atoms with van der Waals surface area (Å²) in [5.41, 5.74) is 0.974. The average molecular weight is 443 g/mol. The van der Waals surface area contributed by atoms with Gasteiger partial charge in [-0.2, -0.15) is 0 Å². The summed E-state index contributed by atoms with van der Waals surface area (Å²) >= 11 is 1.35. The van der Waals surface area contributed by atoms with Crippen LogP contribution >= 0.6 is 11.3 Å². The van der Waals surface area contributed by atoms with Crippen LogP contribution in [0.4, 0.5) is 5.13 Å². The number of hydrogen-bond donors (Lipinski definition) is 1. The number of rotatable bonds is 5. The van der Waals surface area contributed by atoms with Gasteiger partial charge in [0, 0.05) is 6.20 Å². The molecule has 5 aromatic rings. The summed E-state index contributed by atoms with van der Waals surface area (Å²) in [7, 11) is 0. The van der Waals surface area contributed by atoms with Gasteiger partial charge in [0.2, 0.25) is 5.91 Å². The fraction of sp³-hybridized carbons (Fsp3) is 0.0870. The number of carbonyl (C=O) groups excluding carboxylic acids is 1. The zero-order chi connectivity index (χ0) is 22.1. The first-order chi connectivity index (χ1) is 15.6. The number of para-hydroxylation sites is 1. The van der Waals surface area contributed by atoms with Crippen molar-refractivity contribution in [3.05, 3.63) is 99.3 Å². The lowest BCUT2D eigenvalue weighted by atomic mass is 10.2. The number of thiazole rings is 1. The van der Waals surface area contributed by atoms with Gasteiger partial charge in [0.25, 0.3) is 5.56 Å². The highest BCUT2D eigenvalue weighted by molar-refractivity contribution is 7.22. The third-order valence-electron chi connectivity index (χ3n) is 5.01. The molecule has 5 rings (SSSR count). The van der Waals surface area contributed by atoms with Crippen molar-refractivity contribution in [1.82, 2.24) is 19.1 Å². The van der Waals surface area contributed by atoms with E-state index in [1.54, 1.807) is 12.1 Å². The molecule has 1 amide bonds. The van der Waals surface area contributed by atoms with E-state index in [4.69, 9.17) is 0 Å². The van der Waals surface area contributed by atoms with Gasteiger partial charge in [-0.3, -0.25) is 18.7 Å². The van der Waals surface area contributed by atoms with E-state index >= 15 is 0 Å². The number of amides is 1. The Hall–Kier alpha value is -4.11. The summed E-state index contributed by atoms with van der Waals surface area (Å²) < 4.78 is 3.33. The van der Waals surface area contributed by atoms with E-state index in [2.05, 4.69) is 15.3 Å². The Morgan fingerprint density at radius 1 is 0.938 bits per heavy atom. The number of nitrogens with one attached hydrogen (secondary N) is 1. The van der Waals surface area contributed by atoms with Gasteiger partial charge >= 0.3 is 5.69 Å². The number of pyridine rings is 1. The molecule has 0 unspecified atom stereocenters. The molecule has 0 bridgehead atoms. The fourth-order valence-corrected chi connectivity index (χ4v) is 4.41. The number of fused-ring (bicyclic) bond motifs is 2. The van der Waals surface area contributed by atoms with Crippen LogP contribution in [-0.4, -0.2) is 25.0 Å². The van der Waals surface area contributed by atoms with Crippen LogP contribution in [0, 0.1) is 0 Å². The van der Waals surface area contributed by atoms with Crippen LogP contribution in [0.25, 0.3) is 21.3 Å². The van der Waals surface area contributed by atoms with Crippen LogP contribution in [-0.2, 0) is 17.9 Å². The minimum atomic E-state index is -0.571. The Morgan fingerprint density at radius 3 is 2.53 bits per heavy atom. The molecule has 0 fully saturated rings. The number of hydrogen-bond acceptors (Lipinski definition) is 6. The fourth-order valence-electron chi connectivity index (χ4n) is 3.53. The quantitative estimate of drug-likeness (QED) is 0.450. The third-order valence-corrected chi connectivity index (χ3v) is 5.96. The van der Waals surface area contributed by atoms with E-state index < -0.39 is 17.2 Å². The lowest BCUT2D eigenvalue weighted by Crippen LogP contribution is -2.42. The van der Waals surface area contributed by atoms with E-state index in [0.29, 0.717) is 10.6 Å². The van der Waals surface area contributed by atoms with Crippen LogP contribution in [0.5, 0.6) is 0 Å². The van der Waals surface area contributed by atoms with Crippen molar-refractivity contribution in [1.29, 1.82) is 0 Å². The molecule has 3 aromatic heterocycles. The molecule has 0 saturated heterocycles. The van der Waals surface area contributed by atoms with Gasteiger partial charge in [-0.05, 0) is 29.8 Å². The zero-order valence-corrected chi connectivity index (χ0v) is 17.6. The number of carbonyl (C=O) groups is 1. The van der Waals surface area contributed by atoms with Crippen molar-refractivity contribution in [2.75, 3.05) is 5.32 Å². The predicted molar refractivity (Wildman–Crippen MR) is 124 cm³/mol.